The van der Waals surface area contributed by atoms with Gasteiger partial charge in [0, 0.05) is 23.1 Å². The van der Waals surface area contributed by atoms with E-state index in [1.54, 1.807) is 42.5 Å². The minimum absolute atomic E-state index is 0.0781. The normalized spacial score (nSPS) is 14.9. The molecular weight excluding hydrogens is 480 g/mol. The van der Waals surface area contributed by atoms with E-state index in [-0.39, 0.29) is 45.4 Å². The predicted molar refractivity (Wildman–Crippen MR) is 132 cm³/mol. The van der Waals surface area contributed by atoms with Crippen LogP contribution in [0.2, 0.25) is 0 Å². The molecule has 0 amide bonds. The third-order valence-electron chi connectivity index (χ3n) is 6.49. The summed E-state index contributed by atoms with van der Waals surface area (Å²) >= 11 is 0. The van der Waals surface area contributed by atoms with Crippen LogP contribution in [-0.2, 0) is 4.79 Å². The van der Waals surface area contributed by atoms with Gasteiger partial charge >= 0.3 is 5.97 Å². The highest BCUT2D eigenvalue weighted by atomic mass is 16.5. The highest BCUT2D eigenvalue weighted by Gasteiger charge is 2.38. The Morgan fingerprint density at radius 1 is 0.973 bits per heavy atom. The van der Waals surface area contributed by atoms with E-state index < -0.39 is 34.2 Å². The zero-order valence-electron chi connectivity index (χ0n) is 19.3. The topological polar surface area (TPSA) is 136 Å². The van der Waals surface area contributed by atoms with E-state index in [0.717, 1.165) is 0 Å². The molecule has 0 fully saturated rings. The fourth-order valence-corrected chi connectivity index (χ4v) is 4.71. The first-order valence-corrected chi connectivity index (χ1v) is 11.3. The molecule has 2 N–H and O–H groups in total. The Morgan fingerprint density at radius 3 is 2.51 bits per heavy atom. The van der Waals surface area contributed by atoms with Crippen molar-refractivity contribution in [3.8, 4) is 34.3 Å². The van der Waals surface area contributed by atoms with Crippen LogP contribution in [0.15, 0.2) is 79.3 Å². The number of ether oxygens (including phenoxy) is 2. The Kier molecular flexibility index (Phi) is 5.01. The quantitative estimate of drug-likeness (QED) is 0.210. The summed E-state index contributed by atoms with van der Waals surface area (Å²) in [6.45, 7) is 0. The molecule has 184 valence electrons. The third kappa shape index (κ3) is 3.43. The number of carbonyl (C=O) groups is 1. The Bertz CT molecular complexity index is 1850. The Hall–Kier alpha value is -5.05. The molecule has 5 aromatic rings. The number of hydrogen-bond donors (Lipinski definition) is 2. The molecule has 0 bridgehead atoms. The van der Waals surface area contributed by atoms with E-state index in [0.29, 0.717) is 16.9 Å². The van der Waals surface area contributed by atoms with E-state index in [1.165, 1.54) is 25.5 Å². The molecule has 0 unspecified atom stereocenters. The summed E-state index contributed by atoms with van der Waals surface area (Å²) in [5.74, 6) is -3.10. The predicted octanol–water partition coefficient (Wildman–Crippen LogP) is 4.43. The van der Waals surface area contributed by atoms with Crippen molar-refractivity contribution in [3.63, 3.8) is 0 Å². The standard InChI is InChI=1S/C28H18O9/c1-34-14-7-8-19-16(9-14)24(31)17(12-35-19)15-10-21(30)37-28-22(15)27-23(25(32)26(28)33)18(29)11-20(36-27)13-5-3-2-4-6-13/h2-9,11-12,15,32-33H,10H2,1H3/t15-/m1/s1. The number of carbonyl (C=O) groups excluding carboxylic acids is 1. The number of benzene rings is 3. The molecule has 9 heteroatoms. The lowest BCUT2D eigenvalue weighted by Crippen LogP contribution is -2.25. The van der Waals surface area contributed by atoms with Crippen molar-refractivity contribution in [2.75, 3.05) is 7.11 Å². The molecule has 0 saturated carbocycles. The molecule has 9 nitrogen and oxygen atoms in total. The van der Waals surface area contributed by atoms with Crippen LogP contribution in [0.5, 0.6) is 23.0 Å². The van der Waals surface area contributed by atoms with Crippen LogP contribution in [0.1, 0.15) is 23.5 Å². The summed E-state index contributed by atoms with van der Waals surface area (Å²) in [6, 6.07) is 14.8. The number of fused-ring (bicyclic) bond motifs is 4. The number of hydrogen-bond acceptors (Lipinski definition) is 9. The molecule has 1 aliphatic heterocycles. The highest BCUT2D eigenvalue weighted by molar-refractivity contribution is 5.96. The van der Waals surface area contributed by atoms with Gasteiger partial charge in [-0.25, -0.2) is 0 Å². The molecule has 3 aromatic carbocycles. The maximum atomic E-state index is 13.6. The second-order valence-electron chi connectivity index (χ2n) is 8.60. The second-order valence-corrected chi connectivity index (χ2v) is 8.60. The molecule has 0 saturated heterocycles. The van der Waals surface area contributed by atoms with Crippen LogP contribution >= 0.6 is 0 Å². The van der Waals surface area contributed by atoms with Gasteiger partial charge < -0.3 is 28.5 Å². The van der Waals surface area contributed by atoms with E-state index >= 15 is 0 Å². The van der Waals surface area contributed by atoms with Gasteiger partial charge in [-0.05, 0) is 18.2 Å². The van der Waals surface area contributed by atoms with Gasteiger partial charge in [0.2, 0.25) is 5.75 Å². The number of phenolic OH excluding ortho intramolecular Hbond substituents is 2. The minimum Gasteiger partial charge on any atom is -0.504 e. The first-order chi connectivity index (χ1) is 17.9. The third-order valence-corrected chi connectivity index (χ3v) is 6.49. The van der Waals surface area contributed by atoms with Gasteiger partial charge in [-0.15, -0.1) is 0 Å². The van der Waals surface area contributed by atoms with Gasteiger partial charge in [0.25, 0.3) is 0 Å². The molecular formula is C28H18O9. The fraction of sp³-hybridized carbons (Fsp3) is 0.107. The monoisotopic (exact) mass is 498 g/mol. The first-order valence-electron chi connectivity index (χ1n) is 11.3. The van der Waals surface area contributed by atoms with E-state index in [4.69, 9.17) is 18.3 Å². The lowest BCUT2D eigenvalue weighted by molar-refractivity contribution is -0.135. The lowest BCUT2D eigenvalue weighted by atomic mass is 9.85. The van der Waals surface area contributed by atoms with Gasteiger partial charge in [-0.3, -0.25) is 14.4 Å². The summed E-state index contributed by atoms with van der Waals surface area (Å²) in [4.78, 5) is 39.3. The van der Waals surface area contributed by atoms with Crippen molar-refractivity contribution in [3.05, 3.63) is 92.4 Å². The Morgan fingerprint density at radius 2 is 1.76 bits per heavy atom. The zero-order valence-corrected chi connectivity index (χ0v) is 19.3. The number of aromatic hydroxyl groups is 2. The second kappa shape index (κ2) is 8.27. The van der Waals surface area contributed by atoms with Crippen LogP contribution in [0, 0.1) is 0 Å². The van der Waals surface area contributed by atoms with Crippen molar-refractivity contribution in [2.24, 2.45) is 0 Å². The minimum atomic E-state index is -1.01. The van der Waals surface area contributed by atoms with Gasteiger partial charge in [0.1, 0.15) is 28.1 Å². The van der Waals surface area contributed by atoms with Gasteiger partial charge in [-0.1, -0.05) is 30.3 Å². The number of esters is 1. The van der Waals surface area contributed by atoms with E-state index in [9.17, 15) is 24.6 Å². The van der Waals surface area contributed by atoms with Crippen molar-refractivity contribution < 1.29 is 33.3 Å². The van der Waals surface area contributed by atoms with Crippen LogP contribution in [0.4, 0.5) is 0 Å². The molecule has 0 spiro atoms. The van der Waals surface area contributed by atoms with Crippen LogP contribution in [0.25, 0.3) is 33.3 Å². The molecule has 0 radical (unpaired) electrons. The van der Waals surface area contributed by atoms with Gasteiger partial charge in [0.05, 0.1) is 30.7 Å². The highest BCUT2D eigenvalue weighted by Crippen LogP contribution is 2.51. The van der Waals surface area contributed by atoms with Crippen molar-refractivity contribution in [2.45, 2.75) is 12.3 Å². The fourth-order valence-electron chi connectivity index (χ4n) is 4.71. The maximum absolute atomic E-state index is 13.6. The molecule has 1 atom stereocenters. The maximum Gasteiger partial charge on any atom is 0.312 e. The van der Waals surface area contributed by atoms with Gasteiger partial charge in [0.15, 0.2) is 22.4 Å². The summed E-state index contributed by atoms with van der Waals surface area (Å²) in [6.07, 6.45) is 0.935. The zero-order chi connectivity index (χ0) is 25.8. The number of rotatable bonds is 3. The summed E-state index contributed by atoms with van der Waals surface area (Å²) in [7, 11) is 1.47. The average molecular weight is 498 g/mol. The summed E-state index contributed by atoms with van der Waals surface area (Å²) in [5.41, 5.74) is -0.116. The van der Waals surface area contributed by atoms with Crippen molar-refractivity contribution in [1.29, 1.82) is 0 Å². The largest absolute Gasteiger partial charge is 0.504 e. The summed E-state index contributed by atoms with van der Waals surface area (Å²) < 4.78 is 22.3. The van der Waals surface area contributed by atoms with E-state index in [2.05, 4.69) is 0 Å². The smallest absolute Gasteiger partial charge is 0.312 e. The number of methoxy groups -OCH3 is 1. The SMILES string of the molecule is COc1ccc2occ([C@H]3CC(=O)Oc4c(O)c(O)c5c(=O)cc(-c6ccccc6)oc5c43)c(=O)c2c1. The average Bonchev–Trinajstić information content (AvgIpc) is 2.91. The van der Waals surface area contributed by atoms with Gasteiger partial charge in [-0.2, -0.15) is 0 Å². The lowest BCUT2D eigenvalue weighted by Gasteiger charge is -2.26. The number of phenols is 2. The first kappa shape index (κ1) is 22.4. The molecule has 37 heavy (non-hydrogen) atoms. The molecule has 6 rings (SSSR count). The summed E-state index contributed by atoms with van der Waals surface area (Å²) in [5, 5.41) is 21.3. The van der Waals surface area contributed by atoms with Crippen LogP contribution in [0.3, 0.4) is 0 Å². The molecule has 3 heterocycles. The molecule has 0 aliphatic carbocycles. The van der Waals surface area contributed by atoms with Crippen molar-refractivity contribution >= 4 is 27.9 Å². The van der Waals surface area contributed by atoms with Crippen LogP contribution < -0.4 is 20.3 Å². The molecule has 2 aromatic heterocycles. The Labute approximate surface area is 207 Å². The molecule has 1 aliphatic rings. The van der Waals surface area contributed by atoms with Crippen LogP contribution in [-0.4, -0.2) is 23.3 Å². The Balaban J connectivity index is 1.69. The van der Waals surface area contributed by atoms with E-state index in [1.807, 2.05) is 0 Å². The van der Waals surface area contributed by atoms with Crippen molar-refractivity contribution in [1.82, 2.24) is 0 Å².